The molecule has 1 amide bonds. The monoisotopic (exact) mass is 294 g/mol. The first-order valence-corrected chi connectivity index (χ1v) is 8.15. The highest BCUT2D eigenvalue weighted by Gasteiger charge is 2.09. The van der Waals surface area contributed by atoms with Crippen LogP contribution in [0.25, 0.3) is 0 Å². The molecule has 0 bridgehead atoms. The van der Waals surface area contributed by atoms with Gasteiger partial charge in [0.2, 0.25) is 5.91 Å². The minimum atomic E-state index is 0.0908. The van der Waals surface area contributed by atoms with Crippen molar-refractivity contribution in [1.29, 1.82) is 0 Å². The average molecular weight is 294 g/mol. The van der Waals surface area contributed by atoms with Crippen LogP contribution in [0, 0.1) is 12.8 Å². The molecule has 0 fully saturated rings. The number of aryl methyl sites for hydroxylation is 1. The maximum atomic E-state index is 11.9. The van der Waals surface area contributed by atoms with Crippen molar-refractivity contribution in [3.63, 3.8) is 0 Å². The van der Waals surface area contributed by atoms with E-state index in [-0.39, 0.29) is 11.9 Å². The Bertz CT molecular complexity index is 446. The molecular formula is C16H26N2OS. The van der Waals surface area contributed by atoms with Crippen molar-refractivity contribution in [2.45, 2.75) is 51.5 Å². The lowest BCUT2D eigenvalue weighted by Crippen LogP contribution is -2.34. The van der Waals surface area contributed by atoms with Crippen LogP contribution in [0.2, 0.25) is 0 Å². The van der Waals surface area contributed by atoms with E-state index < -0.39 is 0 Å². The van der Waals surface area contributed by atoms with Gasteiger partial charge in [-0.2, -0.15) is 0 Å². The first-order valence-electron chi connectivity index (χ1n) is 7.16. The number of carbonyl (C=O) groups excluding carboxylic acids is 1. The molecule has 0 aliphatic rings. The molecule has 1 rings (SSSR count). The van der Waals surface area contributed by atoms with Crippen molar-refractivity contribution >= 4 is 23.4 Å². The number of hydrogen-bond donors (Lipinski definition) is 2. The van der Waals surface area contributed by atoms with Crippen LogP contribution < -0.4 is 11.1 Å². The van der Waals surface area contributed by atoms with Crippen molar-refractivity contribution in [3.05, 3.63) is 23.8 Å². The summed E-state index contributed by atoms with van der Waals surface area (Å²) < 4.78 is 0. The zero-order valence-electron chi connectivity index (χ0n) is 12.9. The van der Waals surface area contributed by atoms with Gasteiger partial charge in [-0.25, -0.2) is 0 Å². The second-order valence-electron chi connectivity index (χ2n) is 5.75. The van der Waals surface area contributed by atoms with Gasteiger partial charge in [-0.15, -0.1) is 11.8 Å². The molecule has 1 unspecified atom stereocenters. The van der Waals surface area contributed by atoms with E-state index >= 15 is 0 Å². The third-order valence-electron chi connectivity index (χ3n) is 3.16. The van der Waals surface area contributed by atoms with Gasteiger partial charge in [0.1, 0.15) is 0 Å². The van der Waals surface area contributed by atoms with Crippen LogP contribution in [-0.2, 0) is 4.79 Å². The number of amides is 1. The van der Waals surface area contributed by atoms with Crippen LogP contribution in [0.5, 0.6) is 0 Å². The summed E-state index contributed by atoms with van der Waals surface area (Å²) in [5, 5.41) is 3.05. The number of nitrogens with one attached hydrogen (secondary N) is 1. The summed E-state index contributed by atoms with van der Waals surface area (Å²) in [6.45, 7) is 8.50. The summed E-state index contributed by atoms with van der Waals surface area (Å²) in [5.74, 6) is 1.21. The lowest BCUT2D eigenvalue weighted by atomic mass is 10.0. The SMILES string of the molecule is Cc1ccc(N)cc1SCC(=O)NC(C)CCC(C)C. The molecule has 4 heteroatoms. The normalized spacial score (nSPS) is 12.4. The van der Waals surface area contributed by atoms with Gasteiger partial charge in [-0.1, -0.05) is 19.9 Å². The van der Waals surface area contributed by atoms with E-state index in [1.165, 1.54) is 0 Å². The van der Waals surface area contributed by atoms with Crippen molar-refractivity contribution in [2.24, 2.45) is 5.92 Å². The number of nitrogen functional groups attached to an aromatic ring is 1. The largest absolute Gasteiger partial charge is 0.399 e. The molecule has 1 aromatic rings. The molecule has 3 N–H and O–H groups in total. The Balaban J connectivity index is 2.37. The Morgan fingerprint density at radius 1 is 1.30 bits per heavy atom. The molecule has 1 aromatic carbocycles. The number of thioether (sulfide) groups is 1. The van der Waals surface area contributed by atoms with Gasteiger partial charge >= 0.3 is 0 Å². The lowest BCUT2D eigenvalue weighted by molar-refractivity contribution is -0.119. The zero-order valence-corrected chi connectivity index (χ0v) is 13.7. The summed E-state index contributed by atoms with van der Waals surface area (Å²) in [7, 11) is 0. The smallest absolute Gasteiger partial charge is 0.230 e. The van der Waals surface area contributed by atoms with Crippen LogP contribution >= 0.6 is 11.8 Å². The molecule has 1 atom stereocenters. The molecule has 0 aromatic heterocycles. The number of nitrogens with two attached hydrogens (primary N) is 1. The molecule has 0 saturated heterocycles. The minimum absolute atomic E-state index is 0.0908. The third-order valence-corrected chi connectivity index (χ3v) is 4.31. The highest BCUT2D eigenvalue weighted by Crippen LogP contribution is 2.24. The summed E-state index contributed by atoms with van der Waals surface area (Å²) in [4.78, 5) is 13.0. The second-order valence-corrected chi connectivity index (χ2v) is 6.77. The minimum Gasteiger partial charge on any atom is -0.399 e. The van der Waals surface area contributed by atoms with Gasteiger partial charge in [0.15, 0.2) is 0 Å². The summed E-state index contributed by atoms with van der Waals surface area (Å²) in [5.41, 5.74) is 7.67. The van der Waals surface area contributed by atoms with Crippen LogP contribution in [-0.4, -0.2) is 17.7 Å². The Morgan fingerprint density at radius 3 is 2.65 bits per heavy atom. The Morgan fingerprint density at radius 2 is 2.00 bits per heavy atom. The van der Waals surface area contributed by atoms with Crippen molar-refractivity contribution < 1.29 is 4.79 Å². The third kappa shape index (κ3) is 6.33. The van der Waals surface area contributed by atoms with E-state index in [2.05, 4.69) is 26.1 Å². The van der Waals surface area contributed by atoms with Crippen molar-refractivity contribution in [1.82, 2.24) is 5.32 Å². The van der Waals surface area contributed by atoms with E-state index in [9.17, 15) is 4.79 Å². The van der Waals surface area contributed by atoms with Crippen molar-refractivity contribution in [2.75, 3.05) is 11.5 Å². The summed E-state index contributed by atoms with van der Waals surface area (Å²) in [6.07, 6.45) is 2.17. The fourth-order valence-corrected chi connectivity index (χ4v) is 2.77. The standard InChI is InChI=1S/C16H26N2OS/c1-11(2)5-7-13(4)18-16(19)10-20-15-9-14(17)8-6-12(15)3/h6,8-9,11,13H,5,7,10,17H2,1-4H3,(H,18,19). The summed E-state index contributed by atoms with van der Waals surface area (Å²) in [6, 6.07) is 6.04. The number of anilines is 1. The van der Waals surface area contributed by atoms with E-state index in [4.69, 9.17) is 5.73 Å². The van der Waals surface area contributed by atoms with E-state index in [1.54, 1.807) is 11.8 Å². The number of hydrogen-bond acceptors (Lipinski definition) is 3. The fourth-order valence-electron chi connectivity index (χ4n) is 1.89. The van der Waals surface area contributed by atoms with Crippen LogP contribution in [0.1, 0.15) is 39.2 Å². The van der Waals surface area contributed by atoms with Gasteiger partial charge in [0.05, 0.1) is 5.75 Å². The van der Waals surface area contributed by atoms with Crippen LogP contribution in [0.3, 0.4) is 0 Å². The Hall–Kier alpha value is -1.16. The van der Waals surface area contributed by atoms with Crippen LogP contribution in [0.4, 0.5) is 5.69 Å². The van der Waals surface area contributed by atoms with Gasteiger partial charge in [-0.3, -0.25) is 4.79 Å². The predicted octanol–water partition coefficient (Wildman–Crippen LogP) is 3.61. The number of benzene rings is 1. The molecular weight excluding hydrogens is 268 g/mol. The highest BCUT2D eigenvalue weighted by molar-refractivity contribution is 8.00. The molecule has 0 saturated carbocycles. The van der Waals surface area contributed by atoms with Gasteiger partial charge in [-0.05, 0) is 50.3 Å². The van der Waals surface area contributed by atoms with Gasteiger partial charge in [0.25, 0.3) is 0 Å². The number of rotatable bonds is 7. The topological polar surface area (TPSA) is 55.1 Å². The first-order chi connectivity index (χ1) is 9.38. The second kappa shape index (κ2) is 8.20. The molecule has 0 aliphatic heterocycles. The van der Waals surface area contributed by atoms with Gasteiger partial charge < -0.3 is 11.1 Å². The zero-order chi connectivity index (χ0) is 15.1. The molecule has 20 heavy (non-hydrogen) atoms. The Labute approximate surface area is 126 Å². The first kappa shape index (κ1) is 16.9. The molecule has 3 nitrogen and oxygen atoms in total. The fraction of sp³-hybridized carbons (Fsp3) is 0.562. The predicted molar refractivity (Wildman–Crippen MR) is 88.0 cm³/mol. The van der Waals surface area contributed by atoms with E-state index in [1.807, 2.05) is 25.1 Å². The Kier molecular flexibility index (Phi) is 6.93. The molecule has 0 spiro atoms. The van der Waals surface area contributed by atoms with Gasteiger partial charge in [0, 0.05) is 16.6 Å². The average Bonchev–Trinajstić information content (AvgIpc) is 2.37. The van der Waals surface area contributed by atoms with Crippen LogP contribution in [0.15, 0.2) is 23.1 Å². The summed E-state index contributed by atoms with van der Waals surface area (Å²) >= 11 is 1.54. The number of carbonyl (C=O) groups is 1. The molecule has 112 valence electrons. The highest BCUT2D eigenvalue weighted by atomic mass is 32.2. The molecule has 0 heterocycles. The van der Waals surface area contributed by atoms with E-state index in [0.717, 1.165) is 29.0 Å². The maximum Gasteiger partial charge on any atom is 0.230 e. The lowest BCUT2D eigenvalue weighted by Gasteiger charge is -2.15. The molecule has 0 radical (unpaired) electrons. The van der Waals surface area contributed by atoms with E-state index in [0.29, 0.717) is 11.7 Å². The molecule has 0 aliphatic carbocycles. The maximum absolute atomic E-state index is 11.9. The van der Waals surface area contributed by atoms with Crippen molar-refractivity contribution in [3.8, 4) is 0 Å². The quantitative estimate of drug-likeness (QED) is 0.596.